The Morgan fingerprint density at radius 3 is 2.69 bits per heavy atom. The standard InChI is InChI=1S/C11H15NO3.ClH/c1-11(12,10(14)15-2)7-8-4-3-5-9(13)6-8;/h3-6,13H,7,12H2,1-2H3;1H. The topological polar surface area (TPSA) is 72.5 Å². The maximum atomic E-state index is 11.3. The highest BCUT2D eigenvalue weighted by atomic mass is 35.5. The molecule has 16 heavy (non-hydrogen) atoms. The second-order valence-corrected chi connectivity index (χ2v) is 3.76. The van der Waals surface area contributed by atoms with Gasteiger partial charge in [0.1, 0.15) is 11.3 Å². The Bertz CT molecular complexity index is 366. The van der Waals surface area contributed by atoms with Crippen molar-refractivity contribution < 1.29 is 14.6 Å². The Morgan fingerprint density at radius 1 is 1.56 bits per heavy atom. The second-order valence-electron chi connectivity index (χ2n) is 3.76. The van der Waals surface area contributed by atoms with E-state index >= 15 is 0 Å². The Labute approximate surface area is 101 Å². The third-order valence-corrected chi connectivity index (χ3v) is 2.13. The fourth-order valence-corrected chi connectivity index (χ4v) is 1.40. The molecule has 0 aliphatic carbocycles. The molecule has 1 aromatic carbocycles. The minimum Gasteiger partial charge on any atom is -0.508 e. The molecule has 0 aromatic heterocycles. The molecular formula is C11H16ClNO3. The highest BCUT2D eigenvalue weighted by Gasteiger charge is 2.29. The summed E-state index contributed by atoms with van der Waals surface area (Å²) in [5.74, 6) is -0.306. The molecule has 0 saturated heterocycles. The molecule has 0 saturated carbocycles. The molecule has 0 radical (unpaired) electrons. The predicted molar refractivity (Wildman–Crippen MR) is 63.7 cm³/mol. The first-order valence-corrected chi connectivity index (χ1v) is 4.61. The van der Waals surface area contributed by atoms with E-state index in [-0.39, 0.29) is 18.2 Å². The maximum Gasteiger partial charge on any atom is 0.325 e. The summed E-state index contributed by atoms with van der Waals surface area (Å²) in [4.78, 5) is 11.3. The molecule has 90 valence electrons. The summed E-state index contributed by atoms with van der Waals surface area (Å²) in [6.45, 7) is 1.60. The first kappa shape index (κ1) is 14.7. The molecule has 1 aromatic rings. The van der Waals surface area contributed by atoms with Crippen molar-refractivity contribution in [3.63, 3.8) is 0 Å². The number of hydrogen-bond donors (Lipinski definition) is 2. The molecule has 0 bridgehead atoms. The number of hydrogen-bond acceptors (Lipinski definition) is 4. The molecule has 0 heterocycles. The highest BCUT2D eigenvalue weighted by Crippen LogP contribution is 2.16. The van der Waals surface area contributed by atoms with Gasteiger partial charge in [-0.05, 0) is 24.6 Å². The van der Waals surface area contributed by atoms with Gasteiger partial charge in [0.2, 0.25) is 0 Å². The van der Waals surface area contributed by atoms with E-state index in [1.165, 1.54) is 7.11 Å². The fourth-order valence-electron chi connectivity index (χ4n) is 1.40. The first-order chi connectivity index (χ1) is 6.95. The average molecular weight is 246 g/mol. The van der Waals surface area contributed by atoms with Gasteiger partial charge >= 0.3 is 5.97 Å². The summed E-state index contributed by atoms with van der Waals surface area (Å²) >= 11 is 0. The van der Waals surface area contributed by atoms with Crippen LogP contribution in [0, 0.1) is 0 Å². The lowest BCUT2D eigenvalue weighted by molar-refractivity contribution is -0.146. The molecule has 1 rings (SSSR count). The van der Waals surface area contributed by atoms with Gasteiger partial charge in [-0.15, -0.1) is 12.4 Å². The van der Waals surface area contributed by atoms with Gasteiger partial charge in [0.25, 0.3) is 0 Å². The molecule has 1 atom stereocenters. The Balaban J connectivity index is 0.00000225. The van der Waals surface area contributed by atoms with Crippen LogP contribution in [0.5, 0.6) is 5.75 Å². The third kappa shape index (κ3) is 3.72. The summed E-state index contributed by atoms with van der Waals surface area (Å²) in [6, 6.07) is 6.65. The van der Waals surface area contributed by atoms with Crippen LogP contribution < -0.4 is 5.73 Å². The number of ether oxygens (including phenoxy) is 1. The SMILES string of the molecule is COC(=O)C(C)(N)Cc1cccc(O)c1.Cl. The number of carbonyl (C=O) groups excluding carboxylic acids is 1. The summed E-state index contributed by atoms with van der Waals surface area (Å²) < 4.78 is 4.59. The van der Waals surface area contributed by atoms with Gasteiger partial charge in [-0.3, -0.25) is 4.79 Å². The van der Waals surface area contributed by atoms with E-state index in [4.69, 9.17) is 5.73 Å². The van der Waals surface area contributed by atoms with Crippen molar-refractivity contribution >= 4 is 18.4 Å². The lowest BCUT2D eigenvalue weighted by Gasteiger charge is -2.21. The van der Waals surface area contributed by atoms with E-state index in [2.05, 4.69) is 4.74 Å². The predicted octanol–water partition coefficient (Wildman–Crippen LogP) is 1.25. The zero-order valence-electron chi connectivity index (χ0n) is 9.27. The van der Waals surface area contributed by atoms with Gasteiger partial charge in [0.05, 0.1) is 7.11 Å². The van der Waals surface area contributed by atoms with Gasteiger partial charge in [-0.25, -0.2) is 0 Å². The van der Waals surface area contributed by atoms with Gasteiger partial charge < -0.3 is 15.6 Å². The van der Waals surface area contributed by atoms with Gasteiger partial charge in [0.15, 0.2) is 0 Å². The molecular weight excluding hydrogens is 230 g/mol. The number of aromatic hydroxyl groups is 1. The lowest BCUT2D eigenvalue weighted by Crippen LogP contribution is -2.47. The number of carbonyl (C=O) groups is 1. The van der Waals surface area contributed by atoms with Crippen LogP contribution in [-0.4, -0.2) is 23.7 Å². The number of phenols is 1. The molecule has 0 amide bonds. The fraction of sp³-hybridized carbons (Fsp3) is 0.364. The largest absolute Gasteiger partial charge is 0.508 e. The number of halogens is 1. The Hall–Kier alpha value is -1.26. The van der Waals surface area contributed by atoms with E-state index in [1.54, 1.807) is 31.2 Å². The number of methoxy groups -OCH3 is 1. The van der Waals surface area contributed by atoms with Gasteiger partial charge in [-0.2, -0.15) is 0 Å². The monoisotopic (exact) mass is 245 g/mol. The van der Waals surface area contributed by atoms with E-state index in [0.717, 1.165) is 5.56 Å². The van der Waals surface area contributed by atoms with Crippen molar-refractivity contribution in [3.05, 3.63) is 29.8 Å². The van der Waals surface area contributed by atoms with Crippen LogP contribution in [0.3, 0.4) is 0 Å². The Kier molecular flexibility index (Phi) is 5.27. The van der Waals surface area contributed by atoms with Crippen LogP contribution in [0.2, 0.25) is 0 Å². The smallest absolute Gasteiger partial charge is 0.325 e. The van der Waals surface area contributed by atoms with Crippen molar-refractivity contribution in [1.82, 2.24) is 0 Å². The Morgan fingerprint density at radius 2 is 2.19 bits per heavy atom. The molecule has 3 N–H and O–H groups in total. The zero-order valence-corrected chi connectivity index (χ0v) is 10.1. The zero-order chi connectivity index (χ0) is 11.5. The van der Waals surface area contributed by atoms with Gasteiger partial charge in [0, 0.05) is 6.42 Å². The van der Waals surface area contributed by atoms with Crippen LogP contribution in [0.15, 0.2) is 24.3 Å². The summed E-state index contributed by atoms with van der Waals surface area (Å²) in [5, 5.41) is 9.25. The van der Waals surface area contributed by atoms with E-state index in [0.29, 0.717) is 6.42 Å². The summed E-state index contributed by atoms with van der Waals surface area (Å²) in [5.41, 5.74) is 5.53. The van der Waals surface area contributed by atoms with Crippen molar-refractivity contribution in [1.29, 1.82) is 0 Å². The quantitative estimate of drug-likeness (QED) is 0.786. The molecule has 0 spiro atoms. The average Bonchev–Trinajstić information content (AvgIpc) is 2.15. The van der Waals surface area contributed by atoms with Gasteiger partial charge in [-0.1, -0.05) is 12.1 Å². The molecule has 0 aliphatic heterocycles. The maximum absolute atomic E-state index is 11.3. The van der Waals surface area contributed by atoms with Crippen LogP contribution in [0.4, 0.5) is 0 Å². The van der Waals surface area contributed by atoms with Crippen LogP contribution >= 0.6 is 12.4 Å². The summed E-state index contributed by atoms with van der Waals surface area (Å²) in [7, 11) is 1.30. The van der Waals surface area contributed by atoms with Crippen LogP contribution in [-0.2, 0) is 16.0 Å². The van der Waals surface area contributed by atoms with Crippen molar-refractivity contribution in [2.45, 2.75) is 18.9 Å². The molecule has 4 nitrogen and oxygen atoms in total. The first-order valence-electron chi connectivity index (χ1n) is 4.61. The molecule has 1 unspecified atom stereocenters. The van der Waals surface area contributed by atoms with E-state index in [9.17, 15) is 9.90 Å². The van der Waals surface area contributed by atoms with Crippen molar-refractivity contribution in [2.75, 3.05) is 7.11 Å². The minimum absolute atomic E-state index is 0. The number of phenolic OH excluding ortho intramolecular Hbond substituents is 1. The number of benzene rings is 1. The molecule has 0 aliphatic rings. The number of esters is 1. The molecule has 0 fully saturated rings. The third-order valence-electron chi connectivity index (χ3n) is 2.13. The summed E-state index contributed by atoms with van der Waals surface area (Å²) in [6.07, 6.45) is 0.327. The number of rotatable bonds is 3. The normalized spacial score (nSPS) is 13.4. The van der Waals surface area contributed by atoms with E-state index in [1.807, 2.05) is 0 Å². The van der Waals surface area contributed by atoms with Crippen LogP contribution in [0.1, 0.15) is 12.5 Å². The van der Waals surface area contributed by atoms with E-state index < -0.39 is 11.5 Å². The van der Waals surface area contributed by atoms with Crippen molar-refractivity contribution in [2.24, 2.45) is 5.73 Å². The minimum atomic E-state index is -1.07. The van der Waals surface area contributed by atoms with Crippen molar-refractivity contribution in [3.8, 4) is 5.75 Å². The molecule has 5 heteroatoms. The second kappa shape index (κ2) is 5.72. The lowest BCUT2D eigenvalue weighted by atomic mass is 9.94. The van der Waals surface area contributed by atoms with Crippen LogP contribution in [0.25, 0.3) is 0 Å². The number of nitrogens with two attached hydrogens (primary N) is 1. The highest BCUT2D eigenvalue weighted by molar-refractivity contribution is 5.85.